The van der Waals surface area contributed by atoms with Crippen LogP contribution in [0.25, 0.3) is 0 Å². The minimum absolute atomic E-state index is 0.00500. The highest BCUT2D eigenvalue weighted by Crippen LogP contribution is 2.40. The molecular weight excluding hydrogens is 447 g/mol. The van der Waals surface area contributed by atoms with Gasteiger partial charge in [0, 0.05) is 38.2 Å². The van der Waals surface area contributed by atoms with Gasteiger partial charge in [-0.3, -0.25) is 9.59 Å². The molecule has 0 aliphatic carbocycles. The van der Waals surface area contributed by atoms with Crippen molar-refractivity contribution in [2.24, 2.45) is 5.92 Å². The summed E-state index contributed by atoms with van der Waals surface area (Å²) in [5.74, 6) is -0.738. The Kier molecular flexibility index (Phi) is 7.34. The number of benzene rings is 3. The Balaban J connectivity index is 1.68. The lowest BCUT2D eigenvalue weighted by molar-refractivity contribution is -0.134. The molecule has 0 aromatic heterocycles. The predicted molar refractivity (Wildman–Crippen MR) is 131 cm³/mol. The van der Waals surface area contributed by atoms with Crippen molar-refractivity contribution in [3.8, 4) is 11.5 Å². The van der Waals surface area contributed by atoms with Gasteiger partial charge in [0.15, 0.2) is 0 Å². The summed E-state index contributed by atoms with van der Waals surface area (Å²) in [6.07, 6.45) is 0. The van der Waals surface area contributed by atoms with E-state index in [9.17, 15) is 14.0 Å². The third-order valence-corrected chi connectivity index (χ3v) is 6.50. The number of ether oxygens (including phenoxy) is 2. The molecule has 6 nitrogen and oxygen atoms in total. The van der Waals surface area contributed by atoms with Crippen LogP contribution in [0.4, 0.5) is 4.39 Å². The minimum atomic E-state index is -0.580. The van der Waals surface area contributed by atoms with Gasteiger partial charge in [-0.2, -0.15) is 0 Å². The maximum Gasteiger partial charge on any atom is 0.256 e. The van der Waals surface area contributed by atoms with Gasteiger partial charge in [0.25, 0.3) is 5.91 Å². The number of nitrogens with zero attached hydrogens (tertiary/aromatic N) is 2. The lowest BCUT2D eigenvalue weighted by atomic mass is 9.87. The van der Waals surface area contributed by atoms with E-state index in [2.05, 4.69) is 0 Å². The number of hydrogen-bond donors (Lipinski definition) is 0. The number of likely N-dealkylation sites (tertiary alicyclic amines) is 1. The molecule has 182 valence electrons. The zero-order valence-electron chi connectivity index (χ0n) is 20.1. The maximum absolute atomic E-state index is 14.4. The van der Waals surface area contributed by atoms with Crippen LogP contribution in [-0.4, -0.2) is 56.0 Å². The molecule has 0 radical (unpaired) electrons. The van der Waals surface area contributed by atoms with E-state index in [-0.39, 0.29) is 30.5 Å². The molecule has 1 saturated heterocycles. The van der Waals surface area contributed by atoms with Crippen molar-refractivity contribution in [3.63, 3.8) is 0 Å². The molecule has 3 aromatic rings. The highest BCUT2D eigenvalue weighted by Gasteiger charge is 2.43. The van der Waals surface area contributed by atoms with Gasteiger partial charge in [-0.05, 0) is 35.9 Å². The molecule has 1 fully saturated rings. The van der Waals surface area contributed by atoms with Gasteiger partial charge in [0.05, 0.1) is 25.7 Å². The van der Waals surface area contributed by atoms with Crippen molar-refractivity contribution in [2.45, 2.75) is 12.5 Å². The zero-order valence-corrected chi connectivity index (χ0v) is 20.1. The van der Waals surface area contributed by atoms with Gasteiger partial charge in [-0.1, -0.05) is 42.5 Å². The fourth-order valence-electron chi connectivity index (χ4n) is 4.69. The lowest BCUT2D eigenvalue weighted by Gasteiger charge is -2.25. The molecule has 1 aliphatic heterocycles. The third kappa shape index (κ3) is 5.14. The van der Waals surface area contributed by atoms with Crippen molar-refractivity contribution < 1.29 is 23.5 Å². The zero-order chi connectivity index (χ0) is 24.9. The predicted octanol–water partition coefficient (Wildman–Crippen LogP) is 4.36. The average molecular weight is 477 g/mol. The molecule has 3 aromatic carbocycles. The van der Waals surface area contributed by atoms with Crippen LogP contribution in [0.3, 0.4) is 0 Å². The maximum atomic E-state index is 14.4. The number of amides is 2. The summed E-state index contributed by atoms with van der Waals surface area (Å²) >= 11 is 0. The van der Waals surface area contributed by atoms with E-state index in [0.29, 0.717) is 18.0 Å². The molecule has 2 amide bonds. The summed E-state index contributed by atoms with van der Waals surface area (Å²) in [4.78, 5) is 30.2. The first-order chi connectivity index (χ1) is 16.9. The van der Waals surface area contributed by atoms with Crippen molar-refractivity contribution in [1.82, 2.24) is 9.80 Å². The Hall–Kier alpha value is -3.87. The number of rotatable bonds is 7. The Morgan fingerprint density at radius 3 is 2.37 bits per heavy atom. The summed E-state index contributed by atoms with van der Waals surface area (Å²) in [5.41, 5.74) is 1.79. The number of hydrogen-bond acceptors (Lipinski definition) is 4. The van der Waals surface area contributed by atoms with Crippen LogP contribution in [0.2, 0.25) is 0 Å². The summed E-state index contributed by atoms with van der Waals surface area (Å²) in [5, 5.41) is 0. The van der Waals surface area contributed by atoms with Gasteiger partial charge in [0.1, 0.15) is 17.3 Å². The third-order valence-electron chi connectivity index (χ3n) is 6.50. The van der Waals surface area contributed by atoms with Crippen LogP contribution in [-0.2, 0) is 11.3 Å². The van der Waals surface area contributed by atoms with Crippen LogP contribution in [0.1, 0.15) is 27.4 Å². The van der Waals surface area contributed by atoms with Crippen molar-refractivity contribution in [3.05, 3.63) is 95.3 Å². The Bertz CT molecular complexity index is 1200. The standard InChI is InChI=1S/C28H29FN2O4/c1-30(16-19-9-5-4-6-10-19)27(32)24-18-31(28(33)21-11-7-8-12-25(21)29)17-23(24)22-15-20(34-2)13-14-26(22)35-3/h4-15,23-24H,16-18H2,1-3H3/t23-,24-/m0/s1. The van der Waals surface area contributed by atoms with E-state index < -0.39 is 17.6 Å². The van der Waals surface area contributed by atoms with Crippen LogP contribution < -0.4 is 9.47 Å². The van der Waals surface area contributed by atoms with Crippen LogP contribution in [0.15, 0.2) is 72.8 Å². The van der Waals surface area contributed by atoms with E-state index >= 15 is 0 Å². The van der Waals surface area contributed by atoms with E-state index in [4.69, 9.17) is 9.47 Å². The molecule has 0 spiro atoms. The molecular formula is C28H29FN2O4. The smallest absolute Gasteiger partial charge is 0.256 e. The first-order valence-corrected chi connectivity index (χ1v) is 11.5. The number of halogens is 1. The second kappa shape index (κ2) is 10.6. The molecule has 4 rings (SSSR count). The highest BCUT2D eigenvalue weighted by molar-refractivity contribution is 5.95. The molecule has 0 bridgehead atoms. The molecule has 1 heterocycles. The molecule has 0 unspecified atom stereocenters. The second-order valence-electron chi connectivity index (χ2n) is 8.69. The Morgan fingerprint density at radius 1 is 0.971 bits per heavy atom. The van der Waals surface area contributed by atoms with E-state index in [1.54, 1.807) is 55.3 Å². The molecule has 0 saturated carbocycles. The SMILES string of the molecule is COc1ccc(OC)c([C@@H]2CN(C(=O)c3ccccc3F)C[C@@H]2C(=O)N(C)Cc2ccccc2)c1. The lowest BCUT2D eigenvalue weighted by Crippen LogP contribution is -2.36. The van der Waals surface area contributed by atoms with E-state index in [0.717, 1.165) is 11.1 Å². The Labute approximate surface area is 204 Å². The van der Waals surface area contributed by atoms with Crippen molar-refractivity contribution in [1.29, 1.82) is 0 Å². The minimum Gasteiger partial charge on any atom is -0.497 e. The van der Waals surface area contributed by atoms with Gasteiger partial charge in [0.2, 0.25) is 5.91 Å². The number of carbonyl (C=O) groups excluding carboxylic acids is 2. The fraction of sp³-hybridized carbons (Fsp3) is 0.286. The monoisotopic (exact) mass is 476 g/mol. The quantitative estimate of drug-likeness (QED) is 0.509. The van der Waals surface area contributed by atoms with Gasteiger partial charge >= 0.3 is 0 Å². The van der Waals surface area contributed by atoms with Crippen LogP contribution >= 0.6 is 0 Å². The molecule has 1 aliphatic rings. The van der Waals surface area contributed by atoms with Gasteiger partial charge in [-0.15, -0.1) is 0 Å². The van der Waals surface area contributed by atoms with E-state index in [1.807, 2.05) is 36.4 Å². The summed E-state index contributed by atoms with van der Waals surface area (Å²) < 4.78 is 25.4. The van der Waals surface area contributed by atoms with Gasteiger partial charge in [-0.25, -0.2) is 4.39 Å². The van der Waals surface area contributed by atoms with Crippen molar-refractivity contribution in [2.75, 3.05) is 34.4 Å². The first-order valence-electron chi connectivity index (χ1n) is 11.5. The molecule has 0 N–H and O–H groups in total. The number of carbonyl (C=O) groups is 2. The van der Waals surface area contributed by atoms with E-state index in [1.165, 1.54) is 12.1 Å². The normalized spacial score (nSPS) is 17.2. The highest BCUT2D eigenvalue weighted by atomic mass is 19.1. The molecule has 35 heavy (non-hydrogen) atoms. The molecule has 7 heteroatoms. The van der Waals surface area contributed by atoms with Crippen LogP contribution in [0, 0.1) is 11.7 Å². The fourth-order valence-corrected chi connectivity index (χ4v) is 4.69. The van der Waals surface area contributed by atoms with Crippen LogP contribution in [0.5, 0.6) is 11.5 Å². The number of methoxy groups -OCH3 is 2. The summed E-state index contributed by atoms with van der Waals surface area (Å²) in [7, 11) is 4.90. The summed E-state index contributed by atoms with van der Waals surface area (Å²) in [6.45, 7) is 0.877. The van der Waals surface area contributed by atoms with Gasteiger partial charge < -0.3 is 19.3 Å². The molecule has 2 atom stereocenters. The average Bonchev–Trinajstić information content (AvgIpc) is 3.33. The second-order valence-corrected chi connectivity index (χ2v) is 8.69. The first kappa shape index (κ1) is 24.3. The topological polar surface area (TPSA) is 59.1 Å². The largest absolute Gasteiger partial charge is 0.497 e. The van der Waals surface area contributed by atoms with Crippen molar-refractivity contribution >= 4 is 11.8 Å². The summed E-state index contributed by atoms with van der Waals surface area (Å²) in [6, 6.07) is 21.1. The Morgan fingerprint density at radius 2 is 1.69 bits per heavy atom.